The predicted molar refractivity (Wildman–Crippen MR) is 427 cm³/mol. The van der Waals surface area contributed by atoms with Crippen molar-refractivity contribution in [2.75, 3.05) is 39.6 Å². The molecular weight excluding hydrogens is 1350 g/mol. The molecule has 0 amide bonds. The standard InChI is InChI=1S/C85H142O17P2/c1-5-9-13-17-21-25-29-33-37-38-39-40-44-46-50-54-58-62-66-70-83(88)96-76-81(102-85(90)72-68-64-60-56-52-48-43-36-32-28-24-20-16-12-8-4)78-100-104(93,94)98-74-79(86)73-97-103(91,92)99-77-80(101-84(89)71-67-63-59-55-51-47-42-35-31-27-23-19-15-11-7-3)75-95-82(87)69-65-61-57-53-49-45-41-34-30-26-22-18-14-10-6-2/h9-10,13-14,21-23,25-27,33-37,39-43,49,53,61,65,79-81,86H,5-8,11-12,15-20,24,28-32,38,44-48,50-52,54-60,62-64,66-78H2,1-4H3,(H,91,92)(H,93,94)/b13-9-,14-10-,25-21-,26-22-,27-23-,37-33-,40-39-,41-34-,42-35-,43-36-,53-49-,65-61-. The maximum absolute atomic E-state index is 13.1. The fraction of sp³-hybridized carbons (Fsp3) is 0.671. The van der Waals surface area contributed by atoms with Crippen LogP contribution in [0.4, 0.5) is 0 Å². The zero-order chi connectivity index (χ0) is 76.0. The number of hydrogen-bond donors (Lipinski definition) is 3. The van der Waals surface area contributed by atoms with Crippen molar-refractivity contribution in [3.8, 4) is 0 Å². The van der Waals surface area contributed by atoms with Crippen molar-refractivity contribution >= 4 is 39.5 Å². The van der Waals surface area contributed by atoms with Crippen LogP contribution in [0.15, 0.2) is 146 Å². The molecule has 5 atom stereocenters. The molecule has 0 aromatic heterocycles. The lowest BCUT2D eigenvalue weighted by Gasteiger charge is -2.21. The Balaban J connectivity index is 5.45. The number of allylic oxidation sites excluding steroid dienone is 23. The van der Waals surface area contributed by atoms with Gasteiger partial charge in [-0.2, -0.15) is 0 Å². The van der Waals surface area contributed by atoms with E-state index >= 15 is 0 Å². The van der Waals surface area contributed by atoms with Gasteiger partial charge in [-0.05, 0) is 148 Å². The van der Waals surface area contributed by atoms with E-state index in [1.165, 1.54) is 57.8 Å². The molecule has 0 bridgehead atoms. The summed E-state index contributed by atoms with van der Waals surface area (Å²) in [6, 6.07) is 0. The first-order chi connectivity index (χ1) is 50.7. The highest BCUT2D eigenvalue weighted by Gasteiger charge is 2.30. The highest BCUT2D eigenvalue weighted by Crippen LogP contribution is 2.45. The Bertz CT molecular complexity index is 2540. The molecule has 0 aromatic rings. The molecule has 0 aromatic carbocycles. The Labute approximate surface area is 630 Å². The van der Waals surface area contributed by atoms with Gasteiger partial charge in [0.2, 0.25) is 0 Å². The van der Waals surface area contributed by atoms with Crippen LogP contribution >= 0.6 is 15.6 Å². The molecule has 0 aliphatic rings. The molecule has 3 N–H and O–H groups in total. The molecular formula is C85H142O17P2. The van der Waals surface area contributed by atoms with Gasteiger partial charge >= 0.3 is 39.5 Å². The van der Waals surface area contributed by atoms with Gasteiger partial charge in [0.1, 0.15) is 19.3 Å². The van der Waals surface area contributed by atoms with Gasteiger partial charge < -0.3 is 33.8 Å². The zero-order valence-corrected chi connectivity index (χ0v) is 66.7. The van der Waals surface area contributed by atoms with Crippen LogP contribution < -0.4 is 0 Å². The molecule has 0 saturated heterocycles. The number of carbonyl (C=O) groups is 4. The summed E-state index contributed by atoms with van der Waals surface area (Å²) in [6.07, 6.45) is 87.1. The number of carbonyl (C=O) groups excluding carboxylic acids is 4. The SMILES string of the molecule is CC/C=C\C/C=C\C/C=C\C/C=C\C/C=C\CC(=O)OCC(COP(=O)(O)OCC(O)COP(=O)(O)OCC(COC(=O)CCCCCCCC/C=C\C/C=C\C/C=C\C/C=C\CC)OC(=O)CCCCCCC/C=C\CCCCCCCC)OC(=O)CCCCCCC/C=C\C/C=C\CCCCC. The number of hydrogen-bond acceptors (Lipinski definition) is 15. The Kier molecular flexibility index (Phi) is 72.4. The van der Waals surface area contributed by atoms with Crippen molar-refractivity contribution in [2.24, 2.45) is 0 Å². The molecule has 19 heteroatoms. The minimum atomic E-state index is -5.01. The first kappa shape index (κ1) is 98.9. The number of ether oxygens (including phenoxy) is 4. The normalized spacial score (nSPS) is 14.6. The maximum atomic E-state index is 13.1. The molecule has 0 heterocycles. The first-order valence-corrected chi connectivity index (χ1v) is 43.1. The quantitative estimate of drug-likeness (QED) is 0.0169. The topological polar surface area (TPSA) is 237 Å². The van der Waals surface area contributed by atoms with Gasteiger partial charge in [0.15, 0.2) is 12.2 Å². The third-order valence-corrected chi connectivity index (χ3v) is 18.2. The van der Waals surface area contributed by atoms with Gasteiger partial charge in [0.25, 0.3) is 0 Å². The molecule has 0 fully saturated rings. The summed E-state index contributed by atoms with van der Waals surface area (Å²) in [6.45, 7) is 4.47. The summed E-state index contributed by atoms with van der Waals surface area (Å²) in [7, 11) is -10.00. The van der Waals surface area contributed by atoms with E-state index in [1.807, 2.05) is 18.2 Å². The molecule has 104 heavy (non-hydrogen) atoms. The molecule has 0 spiro atoms. The Hall–Kier alpha value is -5.06. The van der Waals surface area contributed by atoms with Crippen LogP contribution in [0.3, 0.4) is 0 Å². The number of unbranched alkanes of at least 4 members (excludes halogenated alkanes) is 25. The Morgan fingerprint density at radius 1 is 0.288 bits per heavy atom. The molecule has 0 rings (SSSR count). The number of phosphoric acid groups is 2. The fourth-order valence-corrected chi connectivity index (χ4v) is 11.8. The summed E-state index contributed by atoms with van der Waals surface area (Å²) in [5.41, 5.74) is 0. The average molecular weight is 1500 g/mol. The Morgan fingerprint density at radius 2 is 0.538 bits per heavy atom. The summed E-state index contributed by atoms with van der Waals surface area (Å²) in [4.78, 5) is 73.0. The third-order valence-electron chi connectivity index (χ3n) is 16.3. The van der Waals surface area contributed by atoms with Crippen LogP contribution in [-0.4, -0.2) is 96.7 Å². The van der Waals surface area contributed by atoms with Crippen molar-refractivity contribution in [1.82, 2.24) is 0 Å². The lowest BCUT2D eigenvalue weighted by Crippen LogP contribution is -2.30. The van der Waals surface area contributed by atoms with E-state index in [-0.39, 0.29) is 25.7 Å². The molecule has 17 nitrogen and oxygen atoms in total. The van der Waals surface area contributed by atoms with E-state index in [0.717, 1.165) is 173 Å². The third kappa shape index (κ3) is 75.2. The van der Waals surface area contributed by atoms with E-state index in [1.54, 1.807) is 6.08 Å². The molecule has 0 saturated carbocycles. The van der Waals surface area contributed by atoms with Crippen molar-refractivity contribution in [2.45, 2.75) is 329 Å². The van der Waals surface area contributed by atoms with Crippen molar-refractivity contribution < 1.29 is 80.2 Å². The minimum absolute atomic E-state index is 0.0557. The van der Waals surface area contributed by atoms with Crippen LogP contribution in [0.1, 0.15) is 310 Å². The molecule has 0 radical (unpaired) electrons. The van der Waals surface area contributed by atoms with Gasteiger partial charge in [0.05, 0.1) is 32.8 Å². The number of aliphatic hydroxyl groups excluding tert-OH is 1. The summed E-state index contributed by atoms with van der Waals surface area (Å²) in [5, 5.41) is 10.6. The van der Waals surface area contributed by atoms with Gasteiger partial charge in [-0.15, -0.1) is 0 Å². The highest BCUT2D eigenvalue weighted by atomic mass is 31.2. The molecule has 5 unspecified atom stereocenters. The number of esters is 4. The van der Waals surface area contributed by atoms with Crippen LogP contribution in [0, 0.1) is 0 Å². The predicted octanol–water partition coefficient (Wildman–Crippen LogP) is 23.4. The largest absolute Gasteiger partial charge is 0.472 e. The number of aliphatic hydroxyl groups is 1. The van der Waals surface area contributed by atoms with Gasteiger partial charge in [-0.1, -0.05) is 283 Å². The average Bonchev–Trinajstić information content (AvgIpc) is 0.912. The van der Waals surface area contributed by atoms with E-state index in [9.17, 15) is 43.2 Å². The lowest BCUT2D eigenvalue weighted by molar-refractivity contribution is -0.161. The van der Waals surface area contributed by atoms with Crippen molar-refractivity contribution in [3.63, 3.8) is 0 Å². The molecule has 0 aliphatic carbocycles. The Morgan fingerprint density at radius 3 is 0.885 bits per heavy atom. The van der Waals surface area contributed by atoms with E-state index in [2.05, 4.69) is 149 Å². The smallest absolute Gasteiger partial charge is 0.462 e. The fourth-order valence-electron chi connectivity index (χ4n) is 10.2. The van der Waals surface area contributed by atoms with Crippen LogP contribution in [0.2, 0.25) is 0 Å². The maximum Gasteiger partial charge on any atom is 0.472 e. The number of phosphoric ester groups is 2. The number of rotatable bonds is 74. The van der Waals surface area contributed by atoms with E-state index in [0.29, 0.717) is 25.7 Å². The summed E-state index contributed by atoms with van der Waals surface area (Å²) >= 11 is 0. The minimum Gasteiger partial charge on any atom is -0.462 e. The lowest BCUT2D eigenvalue weighted by atomic mass is 10.1. The van der Waals surface area contributed by atoms with Gasteiger partial charge in [-0.25, -0.2) is 9.13 Å². The van der Waals surface area contributed by atoms with Crippen molar-refractivity contribution in [1.29, 1.82) is 0 Å². The second-order valence-corrected chi connectivity index (χ2v) is 29.2. The summed E-state index contributed by atoms with van der Waals surface area (Å²) < 4.78 is 68.5. The monoisotopic (exact) mass is 1500 g/mol. The van der Waals surface area contributed by atoms with Crippen molar-refractivity contribution in [3.05, 3.63) is 146 Å². The first-order valence-electron chi connectivity index (χ1n) is 40.1. The van der Waals surface area contributed by atoms with Crippen LogP contribution in [0.5, 0.6) is 0 Å². The van der Waals surface area contributed by atoms with Gasteiger partial charge in [0, 0.05) is 19.3 Å². The van der Waals surface area contributed by atoms with Crippen LogP contribution in [-0.2, 0) is 65.4 Å². The van der Waals surface area contributed by atoms with Gasteiger partial charge in [-0.3, -0.25) is 37.3 Å². The second kappa shape index (κ2) is 76.1. The molecule has 594 valence electrons. The molecule has 0 aliphatic heterocycles. The second-order valence-electron chi connectivity index (χ2n) is 26.3. The zero-order valence-electron chi connectivity index (χ0n) is 64.9. The van der Waals surface area contributed by atoms with Crippen LogP contribution in [0.25, 0.3) is 0 Å². The van der Waals surface area contributed by atoms with E-state index in [4.69, 9.17) is 37.0 Å². The highest BCUT2D eigenvalue weighted by molar-refractivity contribution is 7.47. The summed E-state index contributed by atoms with van der Waals surface area (Å²) in [5.74, 6) is -2.36. The van der Waals surface area contributed by atoms with E-state index < -0.39 is 97.5 Å².